The summed E-state index contributed by atoms with van der Waals surface area (Å²) in [6.45, 7) is 5.91. The molecule has 1 heterocycles. The Hall–Kier alpha value is -2.06. The molecule has 4 atom stereocenters. The van der Waals surface area contributed by atoms with Crippen LogP contribution in [0.25, 0.3) is 0 Å². The van der Waals surface area contributed by atoms with Crippen molar-refractivity contribution in [2.24, 2.45) is 0 Å². The van der Waals surface area contributed by atoms with E-state index in [4.69, 9.17) is 9.47 Å². The lowest BCUT2D eigenvalue weighted by Gasteiger charge is -2.21. The Labute approximate surface area is 176 Å². The normalized spacial score (nSPS) is 19.7. The van der Waals surface area contributed by atoms with E-state index in [1.807, 2.05) is 37.3 Å². The van der Waals surface area contributed by atoms with Crippen LogP contribution in [0.4, 0.5) is 0 Å². The Morgan fingerprint density at radius 1 is 1.14 bits per heavy atom. The summed E-state index contributed by atoms with van der Waals surface area (Å²) in [4.78, 5) is 36.8. The summed E-state index contributed by atoms with van der Waals surface area (Å²) in [5.74, 6) is -0.0955. The number of hydrogen-bond donors (Lipinski definition) is 2. The van der Waals surface area contributed by atoms with Crippen molar-refractivity contribution in [3.05, 3.63) is 35.9 Å². The average Bonchev–Trinajstić information content (AvgIpc) is 3.49. The number of carbonyl (C=O) groups excluding carboxylic acids is 3. The minimum atomic E-state index is -0.892. The summed E-state index contributed by atoms with van der Waals surface area (Å²) < 4.78 is 10.0. The maximum absolute atomic E-state index is 12.7. The third-order valence-electron chi connectivity index (χ3n) is 4.41. The number of thioether (sulfide) groups is 1. The van der Waals surface area contributed by atoms with Crippen molar-refractivity contribution in [3.63, 3.8) is 0 Å². The molecule has 160 valence electrons. The molecule has 1 aliphatic rings. The second kappa shape index (κ2) is 11.8. The van der Waals surface area contributed by atoms with Gasteiger partial charge >= 0.3 is 5.97 Å². The zero-order chi connectivity index (χ0) is 21.2. The van der Waals surface area contributed by atoms with Crippen molar-refractivity contribution in [2.75, 3.05) is 12.4 Å². The first-order valence-electron chi connectivity index (χ1n) is 10.0. The Morgan fingerprint density at radius 2 is 1.86 bits per heavy atom. The predicted octanol–water partition coefficient (Wildman–Crippen LogP) is 2.04. The van der Waals surface area contributed by atoms with Gasteiger partial charge in [-0.3, -0.25) is 9.59 Å². The summed E-state index contributed by atoms with van der Waals surface area (Å²) in [7, 11) is 0. The first kappa shape index (κ1) is 23.2. The number of carbonyl (C=O) groups is 3. The molecule has 1 aliphatic heterocycles. The SMILES string of the molecule is CCCC(C)NC(=O)[C@H](CSCc1ccccc1)NC(=O)[C@H]1O[C@@H]1C(=O)OCC. The number of esters is 1. The zero-order valence-corrected chi connectivity index (χ0v) is 18.0. The molecular formula is C21H30N2O5S. The van der Waals surface area contributed by atoms with Crippen LogP contribution in [0.3, 0.4) is 0 Å². The minimum absolute atomic E-state index is 0.0236. The maximum atomic E-state index is 12.7. The van der Waals surface area contributed by atoms with Crippen LogP contribution in [0.15, 0.2) is 30.3 Å². The van der Waals surface area contributed by atoms with E-state index in [0.717, 1.165) is 24.2 Å². The summed E-state index contributed by atoms with van der Waals surface area (Å²) in [5, 5.41) is 5.68. The van der Waals surface area contributed by atoms with Crippen LogP contribution in [0.2, 0.25) is 0 Å². The highest BCUT2D eigenvalue weighted by atomic mass is 32.2. The van der Waals surface area contributed by atoms with Crippen molar-refractivity contribution < 1.29 is 23.9 Å². The van der Waals surface area contributed by atoms with E-state index in [1.165, 1.54) is 0 Å². The van der Waals surface area contributed by atoms with E-state index < -0.39 is 30.1 Å². The second-order valence-corrected chi connectivity index (χ2v) is 8.02. The molecule has 7 nitrogen and oxygen atoms in total. The first-order chi connectivity index (χ1) is 14.0. The van der Waals surface area contributed by atoms with Crippen molar-refractivity contribution in [3.8, 4) is 0 Å². The van der Waals surface area contributed by atoms with Gasteiger partial charge in [-0.1, -0.05) is 43.7 Å². The molecule has 0 bridgehead atoms. The fourth-order valence-corrected chi connectivity index (χ4v) is 3.89. The maximum Gasteiger partial charge on any atom is 0.338 e. The zero-order valence-electron chi connectivity index (χ0n) is 17.2. The molecule has 1 saturated heterocycles. The van der Waals surface area contributed by atoms with Crippen LogP contribution in [-0.2, 0) is 29.6 Å². The summed E-state index contributed by atoms with van der Waals surface area (Å²) in [6.07, 6.45) is 0.0460. The molecule has 1 aromatic carbocycles. The molecule has 1 aromatic rings. The Bertz CT molecular complexity index is 685. The van der Waals surface area contributed by atoms with Crippen molar-refractivity contribution in [1.29, 1.82) is 0 Å². The quantitative estimate of drug-likeness (QED) is 0.395. The number of rotatable bonds is 12. The Kier molecular flexibility index (Phi) is 9.47. The summed E-state index contributed by atoms with van der Waals surface area (Å²) in [5.41, 5.74) is 1.15. The largest absolute Gasteiger partial charge is 0.464 e. The number of hydrogen-bond acceptors (Lipinski definition) is 6. The average molecular weight is 423 g/mol. The first-order valence-corrected chi connectivity index (χ1v) is 11.2. The minimum Gasteiger partial charge on any atom is -0.464 e. The fraction of sp³-hybridized carbons (Fsp3) is 0.571. The highest BCUT2D eigenvalue weighted by Gasteiger charge is 2.52. The van der Waals surface area contributed by atoms with E-state index in [1.54, 1.807) is 18.7 Å². The third kappa shape index (κ3) is 7.70. The standard InChI is InChI=1S/C21H30N2O5S/c1-4-9-14(3)22-19(24)16(13-29-12-15-10-7-6-8-11-15)23-20(25)17-18(28-17)21(26)27-5-2/h6-8,10-11,14,16-18H,4-5,9,12-13H2,1-3H3,(H,22,24)(H,23,25)/t14?,16-,17-,18-/m0/s1. The monoisotopic (exact) mass is 422 g/mol. The van der Waals surface area contributed by atoms with Gasteiger partial charge in [-0.2, -0.15) is 11.8 Å². The summed E-state index contributed by atoms with van der Waals surface area (Å²) >= 11 is 1.56. The van der Waals surface area contributed by atoms with Crippen LogP contribution in [0.5, 0.6) is 0 Å². The molecule has 2 rings (SSSR count). The molecule has 2 N–H and O–H groups in total. The molecule has 1 fully saturated rings. The van der Waals surface area contributed by atoms with Crippen molar-refractivity contribution in [1.82, 2.24) is 10.6 Å². The van der Waals surface area contributed by atoms with Gasteiger partial charge in [-0.05, 0) is 25.8 Å². The van der Waals surface area contributed by atoms with Gasteiger partial charge in [0, 0.05) is 17.5 Å². The lowest BCUT2D eigenvalue weighted by Crippen LogP contribution is -2.51. The lowest BCUT2D eigenvalue weighted by molar-refractivity contribution is -0.144. The van der Waals surface area contributed by atoms with Gasteiger partial charge in [-0.15, -0.1) is 0 Å². The highest BCUT2D eigenvalue weighted by Crippen LogP contribution is 2.24. The molecule has 0 aliphatic carbocycles. The lowest BCUT2D eigenvalue weighted by atomic mass is 10.2. The predicted molar refractivity (Wildman–Crippen MR) is 112 cm³/mol. The molecule has 2 amide bonds. The van der Waals surface area contributed by atoms with Gasteiger partial charge in [0.1, 0.15) is 6.04 Å². The van der Waals surface area contributed by atoms with E-state index in [2.05, 4.69) is 17.6 Å². The van der Waals surface area contributed by atoms with Gasteiger partial charge in [-0.25, -0.2) is 4.79 Å². The Morgan fingerprint density at radius 3 is 2.52 bits per heavy atom. The second-order valence-electron chi connectivity index (χ2n) is 6.99. The van der Waals surface area contributed by atoms with Gasteiger partial charge in [0.2, 0.25) is 5.91 Å². The van der Waals surface area contributed by atoms with E-state index in [0.29, 0.717) is 5.75 Å². The molecule has 0 radical (unpaired) electrons. The third-order valence-corrected chi connectivity index (χ3v) is 5.51. The van der Waals surface area contributed by atoms with Gasteiger partial charge in [0.15, 0.2) is 12.2 Å². The molecular weight excluding hydrogens is 392 g/mol. The fourth-order valence-electron chi connectivity index (χ4n) is 2.87. The Balaban J connectivity index is 1.91. The van der Waals surface area contributed by atoms with E-state index in [-0.39, 0.29) is 18.6 Å². The van der Waals surface area contributed by atoms with Crippen LogP contribution in [0.1, 0.15) is 39.2 Å². The topological polar surface area (TPSA) is 97.0 Å². The molecule has 0 spiro atoms. The highest BCUT2D eigenvalue weighted by molar-refractivity contribution is 7.98. The van der Waals surface area contributed by atoms with Crippen molar-refractivity contribution >= 4 is 29.5 Å². The van der Waals surface area contributed by atoms with Crippen LogP contribution in [0, 0.1) is 0 Å². The van der Waals surface area contributed by atoms with Gasteiger partial charge in [0.25, 0.3) is 5.91 Å². The number of ether oxygens (including phenoxy) is 2. The molecule has 1 unspecified atom stereocenters. The van der Waals surface area contributed by atoms with Crippen LogP contribution in [-0.4, -0.2) is 54.4 Å². The van der Waals surface area contributed by atoms with Crippen molar-refractivity contribution in [2.45, 2.75) is 63.7 Å². The summed E-state index contributed by atoms with van der Waals surface area (Å²) in [6, 6.07) is 9.24. The molecule has 29 heavy (non-hydrogen) atoms. The molecule has 0 saturated carbocycles. The van der Waals surface area contributed by atoms with Gasteiger partial charge in [0.05, 0.1) is 6.61 Å². The number of amides is 2. The number of epoxide rings is 1. The van der Waals surface area contributed by atoms with Crippen LogP contribution < -0.4 is 10.6 Å². The smallest absolute Gasteiger partial charge is 0.338 e. The molecule has 0 aromatic heterocycles. The van der Waals surface area contributed by atoms with Gasteiger partial charge < -0.3 is 20.1 Å². The van der Waals surface area contributed by atoms with Crippen LogP contribution >= 0.6 is 11.8 Å². The number of benzene rings is 1. The van der Waals surface area contributed by atoms with E-state index >= 15 is 0 Å². The van der Waals surface area contributed by atoms with E-state index in [9.17, 15) is 14.4 Å². The number of nitrogens with one attached hydrogen (secondary N) is 2. The molecule has 8 heteroatoms.